The molecule has 2 aromatic rings. The van der Waals surface area contributed by atoms with E-state index >= 15 is 0 Å². The van der Waals surface area contributed by atoms with Crippen LogP contribution in [0.4, 0.5) is 5.13 Å². The van der Waals surface area contributed by atoms with Gasteiger partial charge in [0.2, 0.25) is 11.0 Å². The topological polar surface area (TPSA) is 73.3 Å². The van der Waals surface area contributed by atoms with Crippen molar-refractivity contribution in [1.29, 1.82) is 0 Å². The van der Waals surface area contributed by atoms with Gasteiger partial charge in [-0.05, 0) is 80.4 Å². The van der Waals surface area contributed by atoms with Gasteiger partial charge in [0, 0.05) is 11.8 Å². The van der Waals surface area contributed by atoms with Crippen LogP contribution >= 0.6 is 11.3 Å². The van der Waals surface area contributed by atoms with Gasteiger partial charge in [0.05, 0.1) is 14.2 Å². The minimum absolute atomic E-state index is 0.0296. The Morgan fingerprint density at radius 2 is 1.73 bits per heavy atom. The molecule has 0 radical (unpaired) electrons. The van der Waals surface area contributed by atoms with E-state index in [0.29, 0.717) is 29.5 Å². The fourth-order valence-corrected chi connectivity index (χ4v) is 7.31. The van der Waals surface area contributed by atoms with Crippen molar-refractivity contribution in [1.82, 2.24) is 10.2 Å². The molecule has 4 aliphatic carbocycles. The average Bonchev–Trinajstić information content (AvgIpc) is 3.20. The van der Waals surface area contributed by atoms with E-state index in [1.807, 2.05) is 18.2 Å². The molecule has 1 N–H and O–H groups in total. The molecule has 0 aliphatic heterocycles. The summed E-state index contributed by atoms with van der Waals surface area (Å²) in [7, 11) is 3.23. The monoisotopic (exact) mass is 427 g/mol. The van der Waals surface area contributed by atoms with Crippen molar-refractivity contribution in [3.8, 4) is 11.5 Å². The lowest BCUT2D eigenvalue weighted by molar-refractivity contribution is -0.116. The zero-order chi connectivity index (χ0) is 20.7. The summed E-state index contributed by atoms with van der Waals surface area (Å²) in [4.78, 5) is 12.5. The maximum Gasteiger partial charge on any atom is 0.226 e. The van der Waals surface area contributed by atoms with Gasteiger partial charge in [0.1, 0.15) is 5.01 Å². The Morgan fingerprint density at radius 1 is 1.07 bits per heavy atom. The maximum absolute atomic E-state index is 12.5. The van der Waals surface area contributed by atoms with Crippen molar-refractivity contribution < 1.29 is 14.3 Å². The summed E-state index contributed by atoms with van der Waals surface area (Å²) in [5, 5.41) is 13.6. The number of carbonyl (C=O) groups is 1. The molecule has 4 saturated carbocycles. The van der Waals surface area contributed by atoms with E-state index in [-0.39, 0.29) is 11.3 Å². The fraction of sp³-hybridized carbons (Fsp3) is 0.609. The highest BCUT2D eigenvalue weighted by Gasteiger charge is 2.53. The Balaban J connectivity index is 1.20. The van der Waals surface area contributed by atoms with Crippen molar-refractivity contribution in [3.63, 3.8) is 0 Å². The molecule has 4 aliphatic rings. The third-order valence-corrected chi connectivity index (χ3v) is 8.34. The molecule has 1 amide bonds. The van der Waals surface area contributed by atoms with Crippen LogP contribution in [0, 0.1) is 17.8 Å². The summed E-state index contributed by atoms with van der Waals surface area (Å²) in [5.74, 6) is 3.97. The standard InChI is InChI=1S/C23H29N3O3S/c1-28-18-5-3-14(10-19(18)29-2)4-6-20(27)24-22-26-25-21(30-22)23-11-15-7-16(12-23)9-17(8-15)13-23/h3,5,10,15-17H,4,6-9,11-13H2,1-2H3,(H,24,26,27). The van der Waals surface area contributed by atoms with E-state index in [4.69, 9.17) is 9.47 Å². The summed E-state index contributed by atoms with van der Waals surface area (Å²) >= 11 is 1.59. The lowest BCUT2D eigenvalue weighted by Crippen LogP contribution is -2.48. The number of amides is 1. The van der Waals surface area contributed by atoms with Gasteiger partial charge in [-0.3, -0.25) is 4.79 Å². The third kappa shape index (κ3) is 3.68. The number of hydrogen-bond acceptors (Lipinski definition) is 6. The Kier molecular flexibility index (Phi) is 5.17. The van der Waals surface area contributed by atoms with Crippen LogP contribution in [0.2, 0.25) is 0 Å². The summed E-state index contributed by atoms with van der Waals surface area (Å²) in [6.07, 6.45) is 9.06. The van der Waals surface area contributed by atoms with Gasteiger partial charge < -0.3 is 14.8 Å². The van der Waals surface area contributed by atoms with E-state index < -0.39 is 0 Å². The highest BCUT2D eigenvalue weighted by atomic mass is 32.1. The zero-order valence-electron chi connectivity index (χ0n) is 17.6. The second-order valence-electron chi connectivity index (χ2n) is 9.35. The highest BCUT2D eigenvalue weighted by molar-refractivity contribution is 7.15. The number of methoxy groups -OCH3 is 2. The number of nitrogens with one attached hydrogen (secondary N) is 1. The Morgan fingerprint density at radius 3 is 2.37 bits per heavy atom. The molecule has 1 aromatic carbocycles. The summed E-state index contributed by atoms with van der Waals surface area (Å²) in [6.45, 7) is 0. The molecular weight excluding hydrogens is 398 g/mol. The molecule has 6 nitrogen and oxygen atoms in total. The first-order chi connectivity index (χ1) is 14.6. The smallest absolute Gasteiger partial charge is 0.226 e. The normalized spacial score (nSPS) is 29.1. The molecule has 0 saturated heterocycles. The Labute approximate surface area is 181 Å². The number of rotatable bonds is 7. The first-order valence-electron chi connectivity index (χ1n) is 10.9. The molecule has 0 spiro atoms. The fourth-order valence-electron chi connectivity index (χ4n) is 6.34. The van der Waals surface area contributed by atoms with Gasteiger partial charge in [-0.2, -0.15) is 0 Å². The molecule has 4 bridgehead atoms. The third-order valence-electron chi connectivity index (χ3n) is 7.25. The number of carbonyl (C=O) groups excluding carboxylic acids is 1. The van der Waals surface area contributed by atoms with E-state index in [2.05, 4.69) is 15.5 Å². The van der Waals surface area contributed by atoms with Gasteiger partial charge in [-0.25, -0.2) is 0 Å². The molecule has 6 rings (SSSR count). The second-order valence-corrected chi connectivity index (χ2v) is 10.3. The van der Waals surface area contributed by atoms with Crippen LogP contribution < -0.4 is 14.8 Å². The van der Waals surface area contributed by atoms with Crippen LogP contribution in [-0.4, -0.2) is 30.3 Å². The minimum atomic E-state index is -0.0296. The molecule has 4 fully saturated rings. The highest BCUT2D eigenvalue weighted by Crippen LogP contribution is 2.61. The predicted molar refractivity (Wildman–Crippen MR) is 116 cm³/mol. The lowest BCUT2D eigenvalue weighted by atomic mass is 9.50. The number of aryl methyl sites for hydroxylation is 1. The van der Waals surface area contributed by atoms with E-state index in [1.54, 1.807) is 25.6 Å². The van der Waals surface area contributed by atoms with Crippen molar-refractivity contribution in [2.45, 2.75) is 56.8 Å². The van der Waals surface area contributed by atoms with E-state index in [9.17, 15) is 4.79 Å². The summed E-state index contributed by atoms with van der Waals surface area (Å²) in [6, 6.07) is 5.75. The number of nitrogens with zero attached hydrogens (tertiary/aromatic N) is 2. The van der Waals surface area contributed by atoms with Crippen LogP contribution in [0.3, 0.4) is 0 Å². The van der Waals surface area contributed by atoms with Crippen LogP contribution in [0.1, 0.15) is 55.5 Å². The lowest BCUT2D eigenvalue weighted by Gasteiger charge is -2.55. The first-order valence-corrected chi connectivity index (χ1v) is 11.7. The SMILES string of the molecule is COc1ccc(CCC(=O)Nc2nnc(C34CC5CC(CC(C5)C3)C4)s2)cc1OC. The summed E-state index contributed by atoms with van der Waals surface area (Å²) in [5.41, 5.74) is 1.27. The molecule has 1 heterocycles. The quantitative estimate of drug-likeness (QED) is 0.699. The molecule has 160 valence electrons. The predicted octanol–water partition coefficient (Wildman–Crippen LogP) is 4.59. The van der Waals surface area contributed by atoms with Crippen molar-refractivity contribution in [2.24, 2.45) is 17.8 Å². The van der Waals surface area contributed by atoms with Gasteiger partial charge in [0.25, 0.3) is 0 Å². The van der Waals surface area contributed by atoms with Crippen LogP contribution in [0.15, 0.2) is 18.2 Å². The first kappa shape index (κ1) is 19.8. The van der Waals surface area contributed by atoms with Gasteiger partial charge in [0.15, 0.2) is 11.5 Å². The minimum Gasteiger partial charge on any atom is -0.493 e. The number of hydrogen-bond donors (Lipinski definition) is 1. The van der Waals surface area contributed by atoms with Crippen LogP contribution in [0.25, 0.3) is 0 Å². The largest absolute Gasteiger partial charge is 0.493 e. The Hall–Kier alpha value is -2.15. The molecule has 30 heavy (non-hydrogen) atoms. The van der Waals surface area contributed by atoms with E-state index in [0.717, 1.165) is 28.3 Å². The van der Waals surface area contributed by atoms with Crippen molar-refractivity contribution in [2.75, 3.05) is 19.5 Å². The molecule has 1 aromatic heterocycles. The molecule has 0 unspecified atom stereocenters. The van der Waals surface area contributed by atoms with Crippen LogP contribution in [0.5, 0.6) is 11.5 Å². The number of anilines is 1. The number of benzene rings is 1. The number of aromatic nitrogens is 2. The van der Waals surface area contributed by atoms with Crippen LogP contribution in [-0.2, 0) is 16.6 Å². The Bertz CT molecular complexity index is 906. The van der Waals surface area contributed by atoms with Crippen molar-refractivity contribution >= 4 is 22.4 Å². The van der Waals surface area contributed by atoms with Gasteiger partial charge in [-0.1, -0.05) is 17.4 Å². The second kappa shape index (κ2) is 7.84. The van der Waals surface area contributed by atoms with E-state index in [1.165, 1.54) is 38.5 Å². The van der Waals surface area contributed by atoms with Gasteiger partial charge >= 0.3 is 0 Å². The number of ether oxygens (including phenoxy) is 2. The maximum atomic E-state index is 12.5. The average molecular weight is 428 g/mol. The molecular formula is C23H29N3O3S. The van der Waals surface area contributed by atoms with Gasteiger partial charge in [-0.15, -0.1) is 10.2 Å². The summed E-state index contributed by atoms with van der Waals surface area (Å²) < 4.78 is 10.6. The molecule has 7 heteroatoms. The van der Waals surface area contributed by atoms with Crippen molar-refractivity contribution in [3.05, 3.63) is 28.8 Å². The zero-order valence-corrected chi connectivity index (χ0v) is 18.5. The molecule has 0 atom stereocenters.